The van der Waals surface area contributed by atoms with E-state index in [-0.39, 0.29) is 16.8 Å². The minimum atomic E-state index is -3.62. The number of nitrogens with zero attached hydrogens (tertiary/aromatic N) is 1. The van der Waals surface area contributed by atoms with E-state index >= 15 is 0 Å². The molecule has 0 aromatic heterocycles. The monoisotopic (exact) mass is 400 g/mol. The fourth-order valence-electron chi connectivity index (χ4n) is 3.87. The van der Waals surface area contributed by atoms with Crippen molar-refractivity contribution >= 4 is 15.9 Å². The Morgan fingerprint density at radius 3 is 2.57 bits per heavy atom. The zero-order chi connectivity index (χ0) is 20.3. The van der Waals surface area contributed by atoms with Gasteiger partial charge in [-0.2, -0.15) is 4.31 Å². The molecule has 1 aliphatic carbocycles. The SMILES string of the molecule is CCN(CC)S(=O)(=O)c1cc(C(=O)N[C@H]2CCCc3ccccc32)ccc1C. The van der Waals surface area contributed by atoms with Crippen LogP contribution in [0.3, 0.4) is 0 Å². The van der Waals surface area contributed by atoms with Crippen molar-refractivity contribution in [2.75, 3.05) is 13.1 Å². The third-order valence-corrected chi connectivity index (χ3v) is 7.64. The van der Waals surface area contributed by atoms with Gasteiger partial charge in [0, 0.05) is 18.7 Å². The van der Waals surface area contributed by atoms with Crippen LogP contribution in [-0.4, -0.2) is 31.7 Å². The van der Waals surface area contributed by atoms with E-state index in [1.807, 2.05) is 26.0 Å². The highest BCUT2D eigenvalue weighted by Gasteiger charge is 2.26. The van der Waals surface area contributed by atoms with Crippen molar-refractivity contribution in [1.82, 2.24) is 9.62 Å². The van der Waals surface area contributed by atoms with Crippen LogP contribution in [0.1, 0.15) is 59.8 Å². The lowest BCUT2D eigenvalue weighted by Crippen LogP contribution is -2.32. The van der Waals surface area contributed by atoms with Crippen LogP contribution in [0.5, 0.6) is 0 Å². The van der Waals surface area contributed by atoms with Gasteiger partial charge in [0.1, 0.15) is 0 Å². The van der Waals surface area contributed by atoms with Gasteiger partial charge in [0.25, 0.3) is 5.91 Å². The molecule has 6 heteroatoms. The van der Waals surface area contributed by atoms with Crippen LogP contribution < -0.4 is 5.32 Å². The van der Waals surface area contributed by atoms with Crippen LogP contribution in [0.2, 0.25) is 0 Å². The first kappa shape index (κ1) is 20.6. The lowest BCUT2D eigenvalue weighted by atomic mass is 9.87. The van der Waals surface area contributed by atoms with E-state index in [1.165, 1.54) is 15.9 Å². The second-order valence-electron chi connectivity index (χ2n) is 7.19. The predicted octanol–water partition coefficient (Wildman–Crippen LogP) is 3.83. The summed E-state index contributed by atoms with van der Waals surface area (Å²) >= 11 is 0. The Hall–Kier alpha value is -2.18. The zero-order valence-corrected chi connectivity index (χ0v) is 17.6. The summed E-state index contributed by atoms with van der Waals surface area (Å²) < 4.78 is 27.3. The summed E-state index contributed by atoms with van der Waals surface area (Å²) in [5.41, 5.74) is 3.45. The topological polar surface area (TPSA) is 66.5 Å². The number of carbonyl (C=O) groups is 1. The number of amides is 1. The average Bonchev–Trinajstić information content (AvgIpc) is 2.69. The van der Waals surface area contributed by atoms with Crippen LogP contribution in [-0.2, 0) is 16.4 Å². The molecule has 5 nitrogen and oxygen atoms in total. The standard InChI is InChI=1S/C22H28N2O3S/c1-4-24(5-2)28(26,27)21-15-18(14-13-16(21)3)22(25)23-20-12-8-10-17-9-6-7-11-19(17)20/h6-7,9,11,13-15,20H,4-5,8,10,12H2,1-3H3,(H,23,25)/t20-/m0/s1. The summed E-state index contributed by atoms with van der Waals surface area (Å²) in [5.74, 6) is -0.238. The number of rotatable bonds is 6. The molecule has 0 heterocycles. The fraction of sp³-hybridized carbons (Fsp3) is 0.409. The van der Waals surface area contributed by atoms with Gasteiger partial charge in [-0.3, -0.25) is 4.79 Å². The molecule has 3 rings (SSSR count). The Labute approximate surface area is 167 Å². The Morgan fingerprint density at radius 2 is 1.86 bits per heavy atom. The molecule has 150 valence electrons. The number of benzene rings is 2. The number of aryl methyl sites for hydroxylation is 2. The molecule has 0 spiro atoms. The summed E-state index contributed by atoms with van der Waals surface area (Å²) in [6.07, 6.45) is 2.94. The van der Waals surface area contributed by atoms with Crippen molar-refractivity contribution in [3.63, 3.8) is 0 Å². The van der Waals surface area contributed by atoms with Gasteiger partial charge in [0.15, 0.2) is 0 Å². The molecule has 0 saturated heterocycles. The molecule has 0 saturated carbocycles. The van der Waals surface area contributed by atoms with E-state index in [1.54, 1.807) is 19.1 Å². The van der Waals surface area contributed by atoms with Crippen molar-refractivity contribution in [2.45, 2.75) is 51.0 Å². The summed E-state index contributed by atoms with van der Waals surface area (Å²) in [4.78, 5) is 13.1. The molecular formula is C22H28N2O3S. The fourth-order valence-corrected chi connectivity index (χ4v) is 5.58. The Morgan fingerprint density at radius 1 is 1.14 bits per heavy atom. The van der Waals surface area contributed by atoms with Gasteiger partial charge >= 0.3 is 0 Å². The minimum Gasteiger partial charge on any atom is -0.345 e. The van der Waals surface area contributed by atoms with Gasteiger partial charge in [0.2, 0.25) is 10.0 Å². The highest BCUT2D eigenvalue weighted by molar-refractivity contribution is 7.89. The van der Waals surface area contributed by atoms with Crippen LogP contribution in [0.15, 0.2) is 47.4 Å². The first-order valence-corrected chi connectivity index (χ1v) is 11.3. The second-order valence-corrected chi connectivity index (χ2v) is 9.09. The molecule has 2 aromatic rings. The molecule has 1 N–H and O–H groups in total. The third-order valence-electron chi connectivity index (χ3n) is 5.45. The van der Waals surface area contributed by atoms with Gasteiger partial charge < -0.3 is 5.32 Å². The maximum Gasteiger partial charge on any atom is 0.251 e. The number of sulfonamides is 1. The van der Waals surface area contributed by atoms with Crippen molar-refractivity contribution in [3.8, 4) is 0 Å². The van der Waals surface area contributed by atoms with E-state index in [0.717, 1.165) is 24.8 Å². The summed E-state index contributed by atoms with van der Waals surface area (Å²) in [6.45, 7) is 6.18. The largest absolute Gasteiger partial charge is 0.345 e. The van der Waals surface area contributed by atoms with Gasteiger partial charge in [-0.15, -0.1) is 0 Å². The molecule has 1 atom stereocenters. The van der Waals surface area contributed by atoms with E-state index in [4.69, 9.17) is 0 Å². The normalized spacial score (nSPS) is 16.6. The molecule has 0 aliphatic heterocycles. The second kappa shape index (κ2) is 8.45. The van der Waals surface area contributed by atoms with Crippen molar-refractivity contribution in [3.05, 3.63) is 64.7 Å². The van der Waals surface area contributed by atoms with Gasteiger partial charge in [-0.1, -0.05) is 44.2 Å². The van der Waals surface area contributed by atoms with Crippen LogP contribution in [0.4, 0.5) is 0 Å². The Balaban J connectivity index is 1.88. The van der Waals surface area contributed by atoms with E-state index in [2.05, 4.69) is 17.4 Å². The Bertz CT molecular complexity index is 965. The zero-order valence-electron chi connectivity index (χ0n) is 16.7. The van der Waals surface area contributed by atoms with Crippen molar-refractivity contribution in [2.24, 2.45) is 0 Å². The number of fused-ring (bicyclic) bond motifs is 1. The summed E-state index contributed by atoms with van der Waals surface area (Å²) in [5, 5.41) is 3.10. The molecule has 0 radical (unpaired) electrons. The number of hydrogen-bond donors (Lipinski definition) is 1. The van der Waals surface area contributed by atoms with Crippen molar-refractivity contribution < 1.29 is 13.2 Å². The molecule has 0 unspecified atom stereocenters. The smallest absolute Gasteiger partial charge is 0.251 e. The summed E-state index contributed by atoms with van der Waals surface area (Å²) in [7, 11) is -3.62. The lowest BCUT2D eigenvalue weighted by Gasteiger charge is -2.26. The highest BCUT2D eigenvalue weighted by atomic mass is 32.2. The molecule has 1 amide bonds. The van der Waals surface area contributed by atoms with E-state index in [9.17, 15) is 13.2 Å². The lowest BCUT2D eigenvalue weighted by molar-refractivity contribution is 0.0932. The van der Waals surface area contributed by atoms with E-state index < -0.39 is 10.0 Å². The molecule has 1 aliphatic rings. The minimum absolute atomic E-state index is 0.0402. The number of carbonyl (C=O) groups excluding carboxylic acids is 1. The molecule has 0 bridgehead atoms. The highest BCUT2D eigenvalue weighted by Crippen LogP contribution is 2.30. The quantitative estimate of drug-likeness (QED) is 0.801. The average molecular weight is 401 g/mol. The van der Waals surface area contributed by atoms with Gasteiger partial charge in [0.05, 0.1) is 10.9 Å². The van der Waals surface area contributed by atoms with Crippen LogP contribution in [0, 0.1) is 6.92 Å². The Kier molecular flexibility index (Phi) is 6.20. The molecule has 28 heavy (non-hydrogen) atoms. The van der Waals surface area contributed by atoms with Crippen LogP contribution >= 0.6 is 0 Å². The third kappa shape index (κ3) is 3.98. The maximum atomic E-state index is 12.9. The van der Waals surface area contributed by atoms with E-state index in [0.29, 0.717) is 24.2 Å². The van der Waals surface area contributed by atoms with Gasteiger partial charge in [-0.05, 0) is 55.0 Å². The van der Waals surface area contributed by atoms with Crippen LogP contribution in [0.25, 0.3) is 0 Å². The molecular weight excluding hydrogens is 372 g/mol. The maximum absolute atomic E-state index is 12.9. The molecule has 0 fully saturated rings. The first-order valence-electron chi connectivity index (χ1n) is 9.88. The van der Waals surface area contributed by atoms with Gasteiger partial charge in [-0.25, -0.2) is 8.42 Å². The first-order chi connectivity index (χ1) is 13.4. The molecule has 2 aromatic carbocycles. The van der Waals surface area contributed by atoms with Crippen molar-refractivity contribution in [1.29, 1.82) is 0 Å². The summed E-state index contributed by atoms with van der Waals surface area (Å²) in [6, 6.07) is 13.0. The number of hydrogen-bond acceptors (Lipinski definition) is 3. The predicted molar refractivity (Wildman–Crippen MR) is 111 cm³/mol. The number of nitrogens with one attached hydrogen (secondary N) is 1.